The SMILES string of the molecule is N=C(N)c1cncn1C1CCC1. The van der Waals surface area contributed by atoms with E-state index in [1.165, 1.54) is 19.3 Å². The molecule has 64 valence electrons. The van der Waals surface area contributed by atoms with Gasteiger partial charge in [0.15, 0.2) is 0 Å². The maximum Gasteiger partial charge on any atom is 0.141 e. The van der Waals surface area contributed by atoms with Gasteiger partial charge >= 0.3 is 0 Å². The van der Waals surface area contributed by atoms with Gasteiger partial charge in [-0.2, -0.15) is 0 Å². The van der Waals surface area contributed by atoms with Gasteiger partial charge in [-0.1, -0.05) is 0 Å². The molecule has 2 rings (SSSR count). The van der Waals surface area contributed by atoms with Crippen LogP contribution in [0.1, 0.15) is 31.0 Å². The van der Waals surface area contributed by atoms with Gasteiger partial charge in [0.2, 0.25) is 0 Å². The molecule has 12 heavy (non-hydrogen) atoms. The Hall–Kier alpha value is -1.32. The third-order valence-corrected chi connectivity index (χ3v) is 2.41. The van der Waals surface area contributed by atoms with Crippen LogP contribution in [0, 0.1) is 5.41 Å². The van der Waals surface area contributed by atoms with Crippen molar-refractivity contribution < 1.29 is 0 Å². The molecule has 4 heteroatoms. The van der Waals surface area contributed by atoms with Gasteiger partial charge in [-0.3, -0.25) is 5.41 Å². The number of nitrogens with two attached hydrogens (primary N) is 1. The minimum Gasteiger partial charge on any atom is -0.382 e. The number of nitrogens with zero attached hydrogens (tertiary/aromatic N) is 2. The minimum absolute atomic E-state index is 0.111. The number of rotatable bonds is 2. The summed E-state index contributed by atoms with van der Waals surface area (Å²) in [6.07, 6.45) is 7.08. The van der Waals surface area contributed by atoms with Crippen LogP contribution in [0.4, 0.5) is 0 Å². The van der Waals surface area contributed by atoms with E-state index >= 15 is 0 Å². The first kappa shape index (κ1) is 7.34. The van der Waals surface area contributed by atoms with E-state index in [4.69, 9.17) is 11.1 Å². The van der Waals surface area contributed by atoms with Gasteiger partial charge in [0.05, 0.1) is 12.5 Å². The predicted octanol–water partition coefficient (Wildman–Crippen LogP) is 0.892. The second kappa shape index (κ2) is 2.62. The van der Waals surface area contributed by atoms with Crippen LogP contribution in [0.15, 0.2) is 12.5 Å². The van der Waals surface area contributed by atoms with Crippen LogP contribution in [0.5, 0.6) is 0 Å². The summed E-state index contributed by atoms with van der Waals surface area (Å²) in [4.78, 5) is 3.99. The average molecular weight is 164 g/mol. The highest BCUT2D eigenvalue weighted by Gasteiger charge is 2.21. The second-order valence-electron chi connectivity index (χ2n) is 3.18. The Morgan fingerprint density at radius 1 is 1.67 bits per heavy atom. The fraction of sp³-hybridized carbons (Fsp3) is 0.500. The average Bonchev–Trinajstić information content (AvgIpc) is 2.31. The van der Waals surface area contributed by atoms with Crippen molar-refractivity contribution in [1.29, 1.82) is 5.41 Å². The van der Waals surface area contributed by atoms with Crippen molar-refractivity contribution in [2.45, 2.75) is 25.3 Å². The molecule has 0 aromatic carbocycles. The quantitative estimate of drug-likeness (QED) is 0.503. The standard InChI is InChI=1S/C8H12N4/c9-8(10)7-4-11-5-12(7)6-2-1-3-6/h4-6H,1-3H2,(H3,9,10). The monoisotopic (exact) mass is 164 g/mol. The van der Waals surface area contributed by atoms with Crippen LogP contribution < -0.4 is 5.73 Å². The number of amidine groups is 1. The van der Waals surface area contributed by atoms with Crippen LogP contribution in [0.25, 0.3) is 0 Å². The molecule has 0 spiro atoms. The summed E-state index contributed by atoms with van der Waals surface area (Å²) in [5, 5.41) is 7.30. The summed E-state index contributed by atoms with van der Waals surface area (Å²) in [6.45, 7) is 0. The first-order valence-corrected chi connectivity index (χ1v) is 4.15. The maximum atomic E-state index is 7.30. The van der Waals surface area contributed by atoms with Crippen molar-refractivity contribution in [3.05, 3.63) is 18.2 Å². The molecule has 4 nitrogen and oxygen atoms in total. The van der Waals surface area contributed by atoms with E-state index < -0.39 is 0 Å². The normalized spacial score (nSPS) is 17.3. The molecule has 1 fully saturated rings. The van der Waals surface area contributed by atoms with E-state index in [9.17, 15) is 0 Å². The lowest BCUT2D eigenvalue weighted by molar-refractivity contribution is 0.312. The lowest BCUT2D eigenvalue weighted by Crippen LogP contribution is -2.23. The van der Waals surface area contributed by atoms with Crippen LogP contribution in [-0.2, 0) is 0 Å². The molecule has 1 heterocycles. The highest BCUT2D eigenvalue weighted by molar-refractivity contribution is 5.93. The van der Waals surface area contributed by atoms with Gasteiger partial charge in [0, 0.05) is 6.04 Å². The molecule has 0 bridgehead atoms. The lowest BCUT2D eigenvalue weighted by Gasteiger charge is -2.28. The van der Waals surface area contributed by atoms with Crippen LogP contribution in [0.2, 0.25) is 0 Å². The molecule has 1 aromatic rings. The number of hydrogen-bond acceptors (Lipinski definition) is 2. The molecular formula is C8H12N4. The summed E-state index contributed by atoms with van der Waals surface area (Å²) in [6, 6.07) is 0.534. The number of imidazole rings is 1. The highest BCUT2D eigenvalue weighted by atomic mass is 15.1. The van der Waals surface area contributed by atoms with E-state index in [-0.39, 0.29) is 5.84 Å². The zero-order valence-corrected chi connectivity index (χ0v) is 6.83. The maximum absolute atomic E-state index is 7.30. The zero-order valence-electron chi connectivity index (χ0n) is 6.83. The highest BCUT2D eigenvalue weighted by Crippen LogP contribution is 2.32. The summed E-state index contributed by atoms with van der Waals surface area (Å²) >= 11 is 0. The van der Waals surface area contributed by atoms with Gasteiger partial charge in [-0.15, -0.1) is 0 Å². The lowest BCUT2D eigenvalue weighted by atomic mass is 9.93. The van der Waals surface area contributed by atoms with E-state index in [2.05, 4.69) is 4.98 Å². The van der Waals surface area contributed by atoms with Crippen molar-refractivity contribution in [3.63, 3.8) is 0 Å². The number of nitrogen functional groups attached to an aromatic ring is 1. The minimum atomic E-state index is 0.111. The van der Waals surface area contributed by atoms with Crippen LogP contribution in [0.3, 0.4) is 0 Å². The summed E-state index contributed by atoms with van der Waals surface area (Å²) < 4.78 is 2.01. The van der Waals surface area contributed by atoms with Gasteiger partial charge in [-0.25, -0.2) is 4.98 Å². The third-order valence-electron chi connectivity index (χ3n) is 2.41. The first-order valence-electron chi connectivity index (χ1n) is 4.15. The Balaban J connectivity index is 2.29. The molecule has 1 aliphatic carbocycles. The molecule has 1 aromatic heterocycles. The molecule has 1 saturated carbocycles. The first-order chi connectivity index (χ1) is 5.79. The topological polar surface area (TPSA) is 67.7 Å². The summed E-state index contributed by atoms with van der Waals surface area (Å²) in [7, 11) is 0. The second-order valence-corrected chi connectivity index (χ2v) is 3.18. The summed E-state index contributed by atoms with van der Waals surface area (Å²) in [5.74, 6) is 0.111. The Morgan fingerprint density at radius 2 is 2.42 bits per heavy atom. The zero-order chi connectivity index (χ0) is 8.55. The fourth-order valence-electron chi connectivity index (χ4n) is 1.47. The van der Waals surface area contributed by atoms with Gasteiger partial charge < -0.3 is 10.3 Å². The fourth-order valence-corrected chi connectivity index (χ4v) is 1.47. The Kier molecular flexibility index (Phi) is 1.60. The van der Waals surface area contributed by atoms with E-state index in [1.807, 2.05) is 4.57 Å². The number of aromatic nitrogens is 2. The largest absolute Gasteiger partial charge is 0.382 e. The Bertz CT molecular complexity index is 298. The molecule has 0 aliphatic heterocycles. The van der Waals surface area contributed by atoms with Crippen molar-refractivity contribution >= 4 is 5.84 Å². The van der Waals surface area contributed by atoms with E-state index in [0.29, 0.717) is 6.04 Å². The predicted molar refractivity (Wildman–Crippen MR) is 46.1 cm³/mol. The molecule has 0 atom stereocenters. The van der Waals surface area contributed by atoms with Crippen molar-refractivity contribution in [1.82, 2.24) is 9.55 Å². The van der Waals surface area contributed by atoms with Gasteiger partial charge in [0.25, 0.3) is 0 Å². The molecule has 1 aliphatic rings. The van der Waals surface area contributed by atoms with Crippen molar-refractivity contribution in [3.8, 4) is 0 Å². The smallest absolute Gasteiger partial charge is 0.141 e. The van der Waals surface area contributed by atoms with E-state index in [0.717, 1.165) is 5.69 Å². The molecule has 0 unspecified atom stereocenters. The molecular weight excluding hydrogens is 152 g/mol. The Labute approximate surface area is 70.9 Å². The third kappa shape index (κ3) is 0.995. The molecule has 3 N–H and O–H groups in total. The number of nitrogens with one attached hydrogen (secondary N) is 1. The number of hydrogen-bond donors (Lipinski definition) is 2. The summed E-state index contributed by atoms with van der Waals surface area (Å²) in [5.41, 5.74) is 6.15. The molecule has 0 amide bonds. The van der Waals surface area contributed by atoms with Crippen LogP contribution >= 0.6 is 0 Å². The van der Waals surface area contributed by atoms with Crippen molar-refractivity contribution in [2.24, 2.45) is 5.73 Å². The van der Waals surface area contributed by atoms with Gasteiger partial charge in [0.1, 0.15) is 11.5 Å². The van der Waals surface area contributed by atoms with E-state index in [1.54, 1.807) is 12.5 Å². The van der Waals surface area contributed by atoms with Crippen molar-refractivity contribution in [2.75, 3.05) is 0 Å². The van der Waals surface area contributed by atoms with Gasteiger partial charge in [-0.05, 0) is 19.3 Å². The molecule has 0 saturated heterocycles. The van der Waals surface area contributed by atoms with Crippen LogP contribution in [-0.4, -0.2) is 15.4 Å². The Morgan fingerprint density at radius 3 is 2.92 bits per heavy atom. The molecule has 0 radical (unpaired) electrons.